The third-order valence-electron chi connectivity index (χ3n) is 3.83. The molecule has 1 aliphatic rings. The Kier molecular flexibility index (Phi) is 5.07. The van der Waals surface area contributed by atoms with Crippen molar-refractivity contribution >= 4 is 0 Å². The second-order valence-corrected chi connectivity index (χ2v) is 5.42. The van der Waals surface area contributed by atoms with Gasteiger partial charge in [-0.25, -0.2) is 0 Å². The van der Waals surface area contributed by atoms with Crippen molar-refractivity contribution < 1.29 is 4.74 Å². The number of hydrogen-bond donors (Lipinski definition) is 1. The number of nitrogens with one attached hydrogen (secondary N) is 1. The monoisotopic (exact) mass is 213 g/mol. The van der Waals surface area contributed by atoms with Gasteiger partial charge in [0.2, 0.25) is 0 Å². The smallest absolute Gasteiger partial charge is 0.0471 e. The minimum Gasteiger partial charge on any atom is -0.381 e. The molecule has 1 atom stereocenters. The highest BCUT2D eigenvalue weighted by Crippen LogP contribution is 2.51. The molecule has 2 heteroatoms. The normalized spacial score (nSPS) is 20.6. The van der Waals surface area contributed by atoms with Crippen LogP contribution in [0.15, 0.2) is 0 Å². The quantitative estimate of drug-likeness (QED) is 0.626. The van der Waals surface area contributed by atoms with Crippen LogP contribution in [0.1, 0.15) is 46.5 Å². The predicted octanol–water partition coefficient (Wildman–Crippen LogP) is 2.83. The maximum Gasteiger partial charge on any atom is 0.0471 e. The molecule has 2 nitrogen and oxygen atoms in total. The van der Waals surface area contributed by atoms with Gasteiger partial charge in [-0.05, 0) is 51.0 Å². The average molecular weight is 213 g/mol. The average Bonchev–Trinajstić information content (AvgIpc) is 2.97. The lowest BCUT2D eigenvalue weighted by atomic mass is 9.94. The van der Waals surface area contributed by atoms with E-state index in [1.54, 1.807) is 0 Å². The van der Waals surface area contributed by atoms with Crippen molar-refractivity contribution in [1.82, 2.24) is 5.32 Å². The molecule has 1 fully saturated rings. The zero-order valence-electron chi connectivity index (χ0n) is 10.8. The Morgan fingerprint density at radius 2 is 1.87 bits per heavy atom. The van der Waals surface area contributed by atoms with E-state index in [0.717, 1.165) is 19.1 Å². The lowest BCUT2D eigenvalue weighted by Crippen LogP contribution is -2.32. The Labute approximate surface area is 94.8 Å². The van der Waals surface area contributed by atoms with Crippen molar-refractivity contribution in [3.63, 3.8) is 0 Å². The Morgan fingerprint density at radius 3 is 2.33 bits per heavy atom. The second-order valence-electron chi connectivity index (χ2n) is 5.42. The first kappa shape index (κ1) is 13.0. The zero-order valence-corrected chi connectivity index (χ0v) is 10.8. The van der Waals surface area contributed by atoms with Crippen LogP contribution in [-0.2, 0) is 4.74 Å². The third-order valence-corrected chi connectivity index (χ3v) is 3.83. The SMILES string of the molecule is CNC(C)C1(CCOCCC(C)C)CC1. The molecule has 90 valence electrons. The van der Waals surface area contributed by atoms with Crippen LogP contribution in [0.3, 0.4) is 0 Å². The molecule has 1 rings (SSSR count). The summed E-state index contributed by atoms with van der Waals surface area (Å²) in [4.78, 5) is 0. The van der Waals surface area contributed by atoms with E-state index >= 15 is 0 Å². The summed E-state index contributed by atoms with van der Waals surface area (Å²) in [5.74, 6) is 0.760. The molecule has 1 unspecified atom stereocenters. The largest absolute Gasteiger partial charge is 0.381 e. The molecule has 0 aromatic carbocycles. The molecule has 15 heavy (non-hydrogen) atoms. The van der Waals surface area contributed by atoms with Gasteiger partial charge < -0.3 is 10.1 Å². The molecule has 0 saturated heterocycles. The minimum atomic E-state index is 0.562. The van der Waals surface area contributed by atoms with E-state index in [9.17, 15) is 0 Å². The summed E-state index contributed by atoms with van der Waals surface area (Å²) in [6.07, 6.45) is 5.17. The fourth-order valence-corrected chi connectivity index (χ4v) is 2.06. The van der Waals surface area contributed by atoms with E-state index < -0.39 is 0 Å². The summed E-state index contributed by atoms with van der Waals surface area (Å²) in [6.45, 7) is 8.66. The lowest BCUT2D eigenvalue weighted by molar-refractivity contribution is 0.102. The van der Waals surface area contributed by atoms with Gasteiger partial charge in [-0.2, -0.15) is 0 Å². The first-order chi connectivity index (χ1) is 7.10. The maximum absolute atomic E-state index is 5.69. The Morgan fingerprint density at radius 1 is 1.20 bits per heavy atom. The summed E-state index contributed by atoms with van der Waals surface area (Å²) >= 11 is 0. The fraction of sp³-hybridized carbons (Fsp3) is 1.00. The van der Waals surface area contributed by atoms with E-state index in [0.29, 0.717) is 11.5 Å². The molecule has 0 aromatic heterocycles. The van der Waals surface area contributed by atoms with E-state index in [-0.39, 0.29) is 0 Å². The molecular weight excluding hydrogens is 186 g/mol. The van der Waals surface area contributed by atoms with Crippen molar-refractivity contribution in [3.05, 3.63) is 0 Å². The molecule has 1 aliphatic carbocycles. The second kappa shape index (κ2) is 5.86. The summed E-state index contributed by atoms with van der Waals surface area (Å²) in [5.41, 5.74) is 0.562. The van der Waals surface area contributed by atoms with Crippen molar-refractivity contribution in [2.75, 3.05) is 20.3 Å². The minimum absolute atomic E-state index is 0.562. The molecule has 1 saturated carbocycles. The van der Waals surface area contributed by atoms with Gasteiger partial charge in [-0.15, -0.1) is 0 Å². The summed E-state index contributed by atoms with van der Waals surface area (Å²) in [7, 11) is 2.06. The number of ether oxygens (including phenoxy) is 1. The molecule has 0 aliphatic heterocycles. The molecule has 0 radical (unpaired) electrons. The highest BCUT2D eigenvalue weighted by Gasteiger charge is 2.46. The Balaban J connectivity index is 2.05. The van der Waals surface area contributed by atoms with Gasteiger partial charge in [0.1, 0.15) is 0 Å². The van der Waals surface area contributed by atoms with Crippen molar-refractivity contribution in [2.45, 2.75) is 52.5 Å². The lowest BCUT2D eigenvalue weighted by Gasteiger charge is -2.22. The standard InChI is InChI=1S/C13H27NO/c1-11(2)5-9-15-10-8-13(6-7-13)12(3)14-4/h11-12,14H,5-10H2,1-4H3. The van der Waals surface area contributed by atoms with Crippen LogP contribution in [0.2, 0.25) is 0 Å². The van der Waals surface area contributed by atoms with Gasteiger partial charge in [0.25, 0.3) is 0 Å². The molecule has 0 heterocycles. The fourth-order valence-electron chi connectivity index (χ4n) is 2.06. The first-order valence-corrected chi connectivity index (χ1v) is 6.36. The Hall–Kier alpha value is -0.0800. The van der Waals surface area contributed by atoms with Crippen LogP contribution in [0.4, 0.5) is 0 Å². The van der Waals surface area contributed by atoms with Gasteiger partial charge in [0, 0.05) is 19.3 Å². The topological polar surface area (TPSA) is 21.3 Å². The molecule has 1 N–H and O–H groups in total. The first-order valence-electron chi connectivity index (χ1n) is 6.36. The van der Waals surface area contributed by atoms with Crippen LogP contribution >= 0.6 is 0 Å². The molecule has 0 bridgehead atoms. The Bertz CT molecular complexity index is 175. The van der Waals surface area contributed by atoms with Crippen molar-refractivity contribution in [1.29, 1.82) is 0 Å². The molecule has 0 aromatic rings. The maximum atomic E-state index is 5.69. The van der Waals surface area contributed by atoms with Crippen LogP contribution in [0.25, 0.3) is 0 Å². The molecule has 0 spiro atoms. The van der Waals surface area contributed by atoms with E-state index in [1.165, 1.54) is 25.7 Å². The van der Waals surface area contributed by atoms with E-state index in [4.69, 9.17) is 4.74 Å². The highest BCUT2D eigenvalue weighted by atomic mass is 16.5. The number of hydrogen-bond acceptors (Lipinski definition) is 2. The van der Waals surface area contributed by atoms with Gasteiger partial charge in [-0.1, -0.05) is 13.8 Å². The van der Waals surface area contributed by atoms with E-state index in [2.05, 4.69) is 33.1 Å². The number of rotatable bonds is 8. The van der Waals surface area contributed by atoms with Crippen molar-refractivity contribution in [2.24, 2.45) is 11.3 Å². The van der Waals surface area contributed by atoms with Gasteiger partial charge >= 0.3 is 0 Å². The molecular formula is C13H27NO. The van der Waals surface area contributed by atoms with Crippen molar-refractivity contribution in [3.8, 4) is 0 Å². The predicted molar refractivity (Wildman–Crippen MR) is 65.1 cm³/mol. The summed E-state index contributed by atoms with van der Waals surface area (Å²) in [6, 6.07) is 0.645. The van der Waals surface area contributed by atoms with Gasteiger partial charge in [-0.3, -0.25) is 0 Å². The van der Waals surface area contributed by atoms with Crippen LogP contribution in [-0.4, -0.2) is 26.3 Å². The summed E-state index contributed by atoms with van der Waals surface area (Å²) in [5, 5.41) is 3.37. The van der Waals surface area contributed by atoms with Gasteiger partial charge in [0.15, 0.2) is 0 Å². The van der Waals surface area contributed by atoms with Crippen LogP contribution < -0.4 is 5.32 Å². The van der Waals surface area contributed by atoms with E-state index in [1.807, 2.05) is 0 Å². The zero-order chi connectivity index (χ0) is 11.3. The highest BCUT2D eigenvalue weighted by molar-refractivity contribution is 4.99. The van der Waals surface area contributed by atoms with Crippen LogP contribution in [0, 0.1) is 11.3 Å². The summed E-state index contributed by atoms with van der Waals surface area (Å²) < 4.78 is 5.69. The van der Waals surface area contributed by atoms with Gasteiger partial charge in [0.05, 0.1) is 0 Å². The third kappa shape index (κ3) is 4.12. The van der Waals surface area contributed by atoms with Crippen LogP contribution in [0.5, 0.6) is 0 Å². The molecule has 0 amide bonds.